The quantitative estimate of drug-likeness (QED) is 0.818. The van der Waals surface area contributed by atoms with Crippen LogP contribution in [0.15, 0.2) is 22.9 Å². The molecular weight excluding hydrogens is 284 g/mol. The van der Waals surface area contributed by atoms with E-state index >= 15 is 0 Å². The van der Waals surface area contributed by atoms with Crippen LogP contribution in [0.25, 0.3) is 0 Å². The van der Waals surface area contributed by atoms with Crippen molar-refractivity contribution in [2.75, 3.05) is 13.2 Å². The number of hydrogen-bond donors (Lipinski definition) is 2. The van der Waals surface area contributed by atoms with Gasteiger partial charge in [0.15, 0.2) is 0 Å². The number of pyridine rings is 1. The predicted molar refractivity (Wildman–Crippen MR) is 69.8 cm³/mol. The van der Waals surface area contributed by atoms with Gasteiger partial charge in [-0.1, -0.05) is 13.8 Å². The van der Waals surface area contributed by atoms with Gasteiger partial charge in [-0.15, -0.1) is 0 Å². The van der Waals surface area contributed by atoms with Crippen molar-refractivity contribution < 1.29 is 9.90 Å². The first-order valence-electron chi connectivity index (χ1n) is 5.45. The monoisotopic (exact) mass is 300 g/mol. The molecule has 0 aliphatic rings. The molecule has 0 radical (unpaired) electrons. The maximum absolute atomic E-state index is 11.8. The largest absolute Gasteiger partial charge is 0.396 e. The van der Waals surface area contributed by atoms with Gasteiger partial charge in [0.05, 0.1) is 5.56 Å². The Morgan fingerprint density at radius 3 is 2.76 bits per heavy atom. The highest BCUT2D eigenvalue weighted by Gasteiger charge is 2.18. The van der Waals surface area contributed by atoms with Gasteiger partial charge in [-0.2, -0.15) is 0 Å². The van der Waals surface area contributed by atoms with Gasteiger partial charge in [-0.25, -0.2) is 4.98 Å². The van der Waals surface area contributed by atoms with E-state index in [0.29, 0.717) is 23.1 Å². The summed E-state index contributed by atoms with van der Waals surface area (Å²) in [6.45, 7) is 4.66. The summed E-state index contributed by atoms with van der Waals surface area (Å²) in [4.78, 5) is 15.8. The first-order valence-corrected chi connectivity index (χ1v) is 6.24. The predicted octanol–water partition coefficient (Wildman–Crippen LogP) is 1.98. The number of nitrogens with one attached hydrogen (secondary N) is 1. The van der Waals surface area contributed by atoms with Gasteiger partial charge < -0.3 is 10.4 Å². The molecule has 4 nitrogen and oxygen atoms in total. The molecule has 1 aromatic rings. The summed E-state index contributed by atoms with van der Waals surface area (Å²) >= 11 is 3.22. The Kier molecular flexibility index (Phi) is 5.08. The van der Waals surface area contributed by atoms with Gasteiger partial charge in [0, 0.05) is 19.3 Å². The lowest BCUT2D eigenvalue weighted by Gasteiger charge is -2.23. The molecule has 0 saturated carbocycles. The van der Waals surface area contributed by atoms with Crippen molar-refractivity contribution in [3.8, 4) is 0 Å². The van der Waals surface area contributed by atoms with E-state index in [0.717, 1.165) is 0 Å². The van der Waals surface area contributed by atoms with Crippen molar-refractivity contribution in [3.05, 3.63) is 28.5 Å². The van der Waals surface area contributed by atoms with E-state index in [1.54, 1.807) is 12.1 Å². The van der Waals surface area contributed by atoms with Crippen LogP contribution in [0.5, 0.6) is 0 Å². The smallest absolute Gasteiger partial charge is 0.252 e. The van der Waals surface area contributed by atoms with Crippen molar-refractivity contribution in [2.24, 2.45) is 5.41 Å². The number of rotatable bonds is 5. The van der Waals surface area contributed by atoms with Gasteiger partial charge >= 0.3 is 0 Å². The number of amides is 1. The van der Waals surface area contributed by atoms with Crippen LogP contribution in [0.4, 0.5) is 0 Å². The lowest BCUT2D eigenvalue weighted by molar-refractivity contribution is 0.0928. The number of carbonyl (C=O) groups is 1. The van der Waals surface area contributed by atoms with Crippen LogP contribution in [-0.2, 0) is 0 Å². The van der Waals surface area contributed by atoms with Gasteiger partial charge in [0.2, 0.25) is 0 Å². The number of aliphatic hydroxyl groups is 1. The number of carbonyl (C=O) groups excluding carboxylic acids is 1. The van der Waals surface area contributed by atoms with E-state index in [4.69, 9.17) is 5.11 Å². The second-order valence-corrected chi connectivity index (χ2v) is 5.50. The number of aromatic nitrogens is 1. The molecule has 0 spiro atoms. The van der Waals surface area contributed by atoms with Crippen molar-refractivity contribution in [1.82, 2.24) is 10.3 Å². The standard InChI is InChI=1S/C12H17BrN2O2/c1-12(2,5-6-16)8-15-11(17)9-3-4-10(13)14-7-9/h3-4,7,16H,5-6,8H2,1-2H3,(H,15,17). The van der Waals surface area contributed by atoms with Crippen LogP contribution >= 0.6 is 15.9 Å². The van der Waals surface area contributed by atoms with Crippen LogP contribution in [-0.4, -0.2) is 29.1 Å². The zero-order valence-electron chi connectivity index (χ0n) is 10.0. The summed E-state index contributed by atoms with van der Waals surface area (Å²) in [5.41, 5.74) is 0.431. The van der Waals surface area contributed by atoms with Crippen molar-refractivity contribution in [2.45, 2.75) is 20.3 Å². The summed E-state index contributed by atoms with van der Waals surface area (Å²) in [5, 5.41) is 11.7. The molecule has 94 valence electrons. The van der Waals surface area contributed by atoms with E-state index < -0.39 is 0 Å². The molecule has 0 unspecified atom stereocenters. The van der Waals surface area contributed by atoms with E-state index in [2.05, 4.69) is 26.2 Å². The molecule has 2 N–H and O–H groups in total. The summed E-state index contributed by atoms with van der Waals surface area (Å²) < 4.78 is 0.703. The lowest BCUT2D eigenvalue weighted by Crippen LogP contribution is -2.34. The van der Waals surface area contributed by atoms with Gasteiger partial charge in [0.1, 0.15) is 4.60 Å². The van der Waals surface area contributed by atoms with E-state index in [1.165, 1.54) is 6.20 Å². The van der Waals surface area contributed by atoms with E-state index in [9.17, 15) is 4.79 Å². The van der Waals surface area contributed by atoms with Crippen molar-refractivity contribution in [3.63, 3.8) is 0 Å². The van der Waals surface area contributed by atoms with Crippen molar-refractivity contribution in [1.29, 1.82) is 0 Å². The van der Waals surface area contributed by atoms with Crippen LogP contribution in [0, 0.1) is 5.41 Å². The molecule has 1 rings (SSSR count). The Hall–Kier alpha value is -0.940. The van der Waals surface area contributed by atoms with Crippen LogP contribution in [0.2, 0.25) is 0 Å². The van der Waals surface area contributed by atoms with Gasteiger partial charge in [-0.3, -0.25) is 4.79 Å². The Bertz CT molecular complexity index is 377. The Morgan fingerprint density at radius 1 is 1.53 bits per heavy atom. The fraction of sp³-hybridized carbons (Fsp3) is 0.500. The molecule has 0 bridgehead atoms. The minimum Gasteiger partial charge on any atom is -0.396 e. The molecule has 0 atom stereocenters. The lowest BCUT2D eigenvalue weighted by atomic mass is 9.90. The highest BCUT2D eigenvalue weighted by molar-refractivity contribution is 9.10. The number of hydrogen-bond acceptors (Lipinski definition) is 3. The summed E-state index contributed by atoms with van der Waals surface area (Å²) in [6.07, 6.45) is 2.18. The normalized spacial score (nSPS) is 11.3. The summed E-state index contributed by atoms with van der Waals surface area (Å²) in [5.74, 6) is -0.143. The summed E-state index contributed by atoms with van der Waals surface area (Å²) in [7, 11) is 0. The van der Waals surface area contributed by atoms with Gasteiger partial charge in [-0.05, 0) is 39.9 Å². The fourth-order valence-electron chi connectivity index (χ4n) is 1.32. The average molecular weight is 301 g/mol. The van der Waals surface area contributed by atoms with E-state index in [1.807, 2.05) is 13.8 Å². The molecular formula is C12H17BrN2O2. The molecule has 0 aliphatic carbocycles. The number of aliphatic hydroxyl groups excluding tert-OH is 1. The summed E-state index contributed by atoms with van der Waals surface area (Å²) in [6, 6.07) is 3.44. The van der Waals surface area contributed by atoms with Gasteiger partial charge in [0.25, 0.3) is 5.91 Å². The number of halogens is 1. The Labute approximate surface area is 110 Å². The van der Waals surface area contributed by atoms with Crippen molar-refractivity contribution >= 4 is 21.8 Å². The molecule has 0 aliphatic heterocycles. The minimum absolute atomic E-state index is 0.104. The Balaban J connectivity index is 2.53. The molecule has 17 heavy (non-hydrogen) atoms. The minimum atomic E-state index is -0.143. The van der Waals surface area contributed by atoms with Crippen LogP contribution in [0.1, 0.15) is 30.6 Å². The van der Waals surface area contributed by atoms with E-state index in [-0.39, 0.29) is 17.9 Å². The topological polar surface area (TPSA) is 62.2 Å². The SMILES string of the molecule is CC(C)(CCO)CNC(=O)c1ccc(Br)nc1. The molecule has 1 aromatic heterocycles. The van der Waals surface area contributed by atoms with Crippen LogP contribution < -0.4 is 5.32 Å². The molecule has 5 heteroatoms. The second-order valence-electron chi connectivity index (χ2n) is 4.69. The highest BCUT2D eigenvalue weighted by Crippen LogP contribution is 2.18. The highest BCUT2D eigenvalue weighted by atomic mass is 79.9. The first-order chi connectivity index (χ1) is 7.94. The third-order valence-corrected chi connectivity index (χ3v) is 2.97. The second kappa shape index (κ2) is 6.12. The first kappa shape index (κ1) is 14.1. The Morgan fingerprint density at radius 2 is 2.24 bits per heavy atom. The molecule has 1 heterocycles. The maximum Gasteiger partial charge on any atom is 0.252 e. The average Bonchev–Trinajstić information content (AvgIpc) is 2.27. The zero-order valence-corrected chi connectivity index (χ0v) is 11.6. The maximum atomic E-state index is 11.8. The molecule has 0 aromatic carbocycles. The zero-order chi connectivity index (χ0) is 12.9. The molecule has 0 fully saturated rings. The molecule has 0 saturated heterocycles. The fourth-order valence-corrected chi connectivity index (χ4v) is 1.56. The van der Waals surface area contributed by atoms with Crippen LogP contribution in [0.3, 0.4) is 0 Å². The number of nitrogens with zero attached hydrogens (tertiary/aromatic N) is 1. The molecule has 1 amide bonds. The third kappa shape index (κ3) is 4.83. The third-order valence-electron chi connectivity index (χ3n) is 2.51.